The fourth-order valence-corrected chi connectivity index (χ4v) is 2.87. The van der Waals surface area contributed by atoms with Crippen LogP contribution in [0.2, 0.25) is 0 Å². The van der Waals surface area contributed by atoms with Crippen molar-refractivity contribution >= 4 is 0 Å². The summed E-state index contributed by atoms with van der Waals surface area (Å²) in [5, 5.41) is 0. The largest absolute Gasteiger partial charge is 0.317 e. The summed E-state index contributed by atoms with van der Waals surface area (Å²) in [5.74, 6) is 0. The molecule has 1 aromatic rings. The summed E-state index contributed by atoms with van der Waals surface area (Å²) >= 11 is 0. The summed E-state index contributed by atoms with van der Waals surface area (Å²) in [4.78, 5) is 0. The first-order valence-corrected chi connectivity index (χ1v) is 6.25. The Morgan fingerprint density at radius 3 is 2.75 bits per heavy atom. The van der Waals surface area contributed by atoms with Gasteiger partial charge in [0.1, 0.15) is 12.6 Å². The molecule has 1 fully saturated rings. The Hall–Kier alpha value is -1.08. The second-order valence-electron chi connectivity index (χ2n) is 5.15. The molecule has 1 nitrogen and oxygen atoms in total. The van der Waals surface area contributed by atoms with E-state index in [4.69, 9.17) is 0 Å². The SMILES string of the molecule is C=C[C@@H]1CCCC[N+]1(C)Cc1ccccc1. The van der Waals surface area contributed by atoms with Gasteiger partial charge in [0.25, 0.3) is 0 Å². The minimum Gasteiger partial charge on any atom is -0.317 e. The predicted molar refractivity (Wildman–Crippen MR) is 69.0 cm³/mol. The summed E-state index contributed by atoms with van der Waals surface area (Å²) in [6.07, 6.45) is 6.17. The van der Waals surface area contributed by atoms with Crippen LogP contribution in [0.15, 0.2) is 43.0 Å². The van der Waals surface area contributed by atoms with E-state index in [9.17, 15) is 0 Å². The lowest BCUT2D eigenvalue weighted by Crippen LogP contribution is -2.53. The number of piperidine rings is 1. The standard InChI is InChI=1S/C15H22N/c1-3-15-11-7-8-12-16(15,2)13-14-9-5-4-6-10-14/h3-6,9-10,15H,1,7-8,11-13H2,2H3/q+1/t15-,16?/m1/s1. The lowest BCUT2D eigenvalue weighted by atomic mass is 9.98. The number of likely N-dealkylation sites (N-methyl/N-ethyl adjacent to an activating group) is 1. The van der Waals surface area contributed by atoms with Gasteiger partial charge in [-0.3, -0.25) is 0 Å². The zero-order valence-electron chi connectivity index (χ0n) is 10.2. The number of hydrogen-bond donors (Lipinski definition) is 0. The maximum Gasteiger partial charge on any atom is 0.107 e. The first-order chi connectivity index (χ1) is 7.74. The highest BCUT2D eigenvalue weighted by Crippen LogP contribution is 2.27. The number of quaternary nitrogens is 1. The Labute approximate surface area is 99.0 Å². The van der Waals surface area contributed by atoms with E-state index >= 15 is 0 Å². The Morgan fingerprint density at radius 2 is 2.06 bits per heavy atom. The number of nitrogens with zero attached hydrogens (tertiary/aromatic N) is 1. The van der Waals surface area contributed by atoms with Crippen LogP contribution in [-0.4, -0.2) is 24.1 Å². The summed E-state index contributed by atoms with van der Waals surface area (Å²) in [6, 6.07) is 11.5. The van der Waals surface area contributed by atoms with Gasteiger partial charge in [0.2, 0.25) is 0 Å². The fourth-order valence-electron chi connectivity index (χ4n) is 2.87. The zero-order valence-corrected chi connectivity index (χ0v) is 10.2. The third-order valence-electron chi connectivity index (χ3n) is 3.88. The third kappa shape index (κ3) is 2.35. The average molecular weight is 216 g/mol. The summed E-state index contributed by atoms with van der Waals surface area (Å²) < 4.78 is 1.13. The molecule has 0 amide bonds. The van der Waals surface area contributed by atoms with Crippen molar-refractivity contribution in [2.45, 2.75) is 31.8 Å². The number of likely N-dealkylation sites (tertiary alicyclic amines) is 1. The molecule has 0 spiro atoms. The van der Waals surface area contributed by atoms with E-state index in [1.54, 1.807) is 0 Å². The van der Waals surface area contributed by atoms with Crippen molar-refractivity contribution < 1.29 is 4.48 Å². The Morgan fingerprint density at radius 1 is 1.31 bits per heavy atom. The molecule has 2 atom stereocenters. The van der Waals surface area contributed by atoms with Crippen LogP contribution in [-0.2, 0) is 6.54 Å². The number of benzene rings is 1. The summed E-state index contributed by atoms with van der Waals surface area (Å²) in [7, 11) is 2.37. The minimum absolute atomic E-state index is 0.633. The monoisotopic (exact) mass is 216 g/mol. The Bertz CT molecular complexity index is 344. The third-order valence-corrected chi connectivity index (χ3v) is 3.88. The smallest absolute Gasteiger partial charge is 0.107 e. The van der Waals surface area contributed by atoms with Crippen molar-refractivity contribution in [1.82, 2.24) is 0 Å². The molecule has 2 rings (SSSR count). The van der Waals surface area contributed by atoms with Crippen LogP contribution in [0.25, 0.3) is 0 Å². The van der Waals surface area contributed by atoms with Gasteiger partial charge in [-0.1, -0.05) is 36.9 Å². The minimum atomic E-state index is 0.633. The van der Waals surface area contributed by atoms with Crippen LogP contribution < -0.4 is 0 Å². The molecule has 1 aliphatic rings. The van der Waals surface area contributed by atoms with Gasteiger partial charge in [-0.2, -0.15) is 0 Å². The van der Waals surface area contributed by atoms with E-state index < -0.39 is 0 Å². The highest BCUT2D eigenvalue weighted by molar-refractivity contribution is 5.13. The van der Waals surface area contributed by atoms with Gasteiger partial charge in [0.15, 0.2) is 0 Å². The molecule has 86 valence electrons. The van der Waals surface area contributed by atoms with Gasteiger partial charge < -0.3 is 4.48 Å². The second-order valence-corrected chi connectivity index (χ2v) is 5.15. The lowest BCUT2D eigenvalue weighted by Gasteiger charge is -2.43. The molecule has 0 bridgehead atoms. The molecular formula is C15H22N+. The van der Waals surface area contributed by atoms with Gasteiger partial charge in [-0.05, 0) is 18.9 Å². The van der Waals surface area contributed by atoms with Crippen LogP contribution in [0.1, 0.15) is 24.8 Å². The van der Waals surface area contributed by atoms with E-state index in [0.29, 0.717) is 6.04 Å². The van der Waals surface area contributed by atoms with E-state index in [0.717, 1.165) is 11.0 Å². The number of hydrogen-bond acceptors (Lipinski definition) is 0. The van der Waals surface area contributed by atoms with E-state index in [1.807, 2.05) is 0 Å². The van der Waals surface area contributed by atoms with Gasteiger partial charge in [-0.25, -0.2) is 0 Å². The van der Waals surface area contributed by atoms with Gasteiger partial charge in [0.05, 0.1) is 13.6 Å². The topological polar surface area (TPSA) is 0 Å². The molecule has 0 radical (unpaired) electrons. The first kappa shape index (κ1) is 11.4. The molecule has 0 saturated carbocycles. The molecule has 0 aliphatic carbocycles. The maximum atomic E-state index is 4.01. The van der Waals surface area contributed by atoms with Crippen LogP contribution >= 0.6 is 0 Å². The van der Waals surface area contributed by atoms with Gasteiger partial charge in [0, 0.05) is 12.0 Å². The molecule has 0 N–H and O–H groups in total. The molecular weight excluding hydrogens is 194 g/mol. The Balaban J connectivity index is 2.14. The van der Waals surface area contributed by atoms with Crippen LogP contribution in [0, 0.1) is 0 Å². The van der Waals surface area contributed by atoms with Crippen molar-refractivity contribution in [3.05, 3.63) is 48.6 Å². The summed E-state index contributed by atoms with van der Waals surface area (Å²) in [5.41, 5.74) is 1.44. The van der Waals surface area contributed by atoms with Crippen molar-refractivity contribution in [3.8, 4) is 0 Å². The maximum absolute atomic E-state index is 4.01. The van der Waals surface area contributed by atoms with Gasteiger partial charge in [-0.15, -0.1) is 0 Å². The molecule has 1 aromatic carbocycles. The van der Waals surface area contributed by atoms with E-state index in [-0.39, 0.29) is 0 Å². The molecule has 1 saturated heterocycles. The van der Waals surface area contributed by atoms with Crippen molar-refractivity contribution in [2.75, 3.05) is 13.6 Å². The van der Waals surface area contributed by atoms with Crippen molar-refractivity contribution in [3.63, 3.8) is 0 Å². The van der Waals surface area contributed by atoms with Crippen molar-refractivity contribution in [2.24, 2.45) is 0 Å². The van der Waals surface area contributed by atoms with Crippen molar-refractivity contribution in [1.29, 1.82) is 0 Å². The quantitative estimate of drug-likeness (QED) is 0.537. The zero-order chi connectivity index (χ0) is 11.4. The highest BCUT2D eigenvalue weighted by atomic mass is 15.4. The summed E-state index contributed by atoms with van der Waals surface area (Å²) in [6.45, 7) is 6.43. The highest BCUT2D eigenvalue weighted by Gasteiger charge is 2.33. The van der Waals surface area contributed by atoms with Gasteiger partial charge >= 0.3 is 0 Å². The molecule has 1 heterocycles. The number of rotatable bonds is 3. The normalized spacial score (nSPS) is 29.9. The molecule has 1 heteroatoms. The first-order valence-electron chi connectivity index (χ1n) is 6.25. The Kier molecular flexibility index (Phi) is 3.45. The molecule has 0 aromatic heterocycles. The average Bonchev–Trinajstić information content (AvgIpc) is 2.30. The predicted octanol–water partition coefficient (Wildman–Crippen LogP) is 3.37. The fraction of sp³-hybridized carbons (Fsp3) is 0.467. The van der Waals surface area contributed by atoms with Crippen LogP contribution in [0.5, 0.6) is 0 Å². The van der Waals surface area contributed by atoms with Crippen LogP contribution in [0.3, 0.4) is 0 Å². The van der Waals surface area contributed by atoms with E-state index in [1.165, 1.54) is 31.4 Å². The molecule has 1 aliphatic heterocycles. The molecule has 1 unspecified atom stereocenters. The van der Waals surface area contributed by atoms with E-state index in [2.05, 4.69) is 50.0 Å². The lowest BCUT2D eigenvalue weighted by molar-refractivity contribution is -0.944. The second kappa shape index (κ2) is 4.84. The molecule has 16 heavy (non-hydrogen) atoms. The van der Waals surface area contributed by atoms with Crippen LogP contribution in [0.4, 0.5) is 0 Å².